The number of nitrogens with zero attached hydrogens (tertiary/aromatic N) is 3. The van der Waals surface area contributed by atoms with E-state index < -0.39 is 32.8 Å². The molecule has 0 fully saturated rings. The molecule has 2 N–H and O–H groups in total. The van der Waals surface area contributed by atoms with Crippen LogP contribution in [0.25, 0.3) is 0 Å². The van der Waals surface area contributed by atoms with Crippen molar-refractivity contribution in [2.24, 2.45) is 0 Å². The van der Waals surface area contributed by atoms with Gasteiger partial charge in [0.15, 0.2) is 5.13 Å². The molecule has 15 heteroatoms. The van der Waals surface area contributed by atoms with Crippen LogP contribution in [0.4, 0.5) is 34.1 Å². The van der Waals surface area contributed by atoms with Gasteiger partial charge in [0.1, 0.15) is 22.2 Å². The lowest BCUT2D eigenvalue weighted by molar-refractivity contribution is -0.274. The number of benzene rings is 2. The fraction of sp³-hybridized carbons (Fsp3) is 0.143. The van der Waals surface area contributed by atoms with Crippen LogP contribution >= 0.6 is 11.3 Å². The number of halogens is 4. The van der Waals surface area contributed by atoms with Crippen LogP contribution in [0.1, 0.15) is 5.56 Å². The van der Waals surface area contributed by atoms with Crippen molar-refractivity contribution in [1.29, 1.82) is 0 Å². The summed E-state index contributed by atoms with van der Waals surface area (Å²) >= 11 is 1.05. The second-order valence-electron chi connectivity index (χ2n) is 7.16. The van der Waals surface area contributed by atoms with E-state index in [0.717, 1.165) is 29.5 Å². The Hall–Kier alpha value is -3.85. The normalized spacial score (nSPS) is 11.8. The fourth-order valence-electron chi connectivity index (χ4n) is 3.17. The number of aromatic nitrogens is 3. The zero-order chi connectivity index (χ0) is 25.9. The Kier molecular flexibility index (Phi) is 7.03. The number of ether oxygens (including phenoxy) is 2. The number of hydrogen-bond acceptors (Lipinski definition) is 8. The van der Waals surface area contributed by atoms with Gasteiger partial charge >= 0.3 is 6.36 Å². The van der Waals surface area contributed by atoms with Crippen molar-refractivity contribution in [2.45, 2.75) is 17.8 Å². The Balaban J connectivity index is 1.47. The molecule has 2 aromatic heterocycles. The number of alkyl halides is 3. The van der Waals surface area contributed by atoms with Crippen molar-refractivity contribution in [2.75, 3.05) is 17.1 Å². The molecule has 0 atom stereocenters. The lowest BCUT2D eigenvalue weighted by atomic mass is 10.2. The summed E-state index contributed by atoms with van der Waals surface area (Å²) in [6, 6.07) is 7.16. The molecule has 0 aliphatic rings. The molecule has 2 heterocycles. The molecule has 9 nitrogen and oxygen atoms in total. The smallest absolute Gasteiger partial charge is 0.496 e. The highest BCUT2D eigenvalue weighted by Crippen LogP contribution is 2.29. The number of thiazole rings is 1. The largest absolute Gasteiger partial charge is 0.573 e. The van der Waals surface area contributed by atoms with Crippen molar-refractivity contribution in [3.8, 4) is 11.5 Å². The summed E-state index contributed by atoms with van der Waals surface area (Å²) in [5.74, 6) is -1.05. The Morgan fingerprint density at radius 2 is 1.94 bits per heavy atom. The van der Waals surface area contributed by atoms with E-state index in [1.165, 1.54) is 48.6 Å². The van der Waals surface area contributed by atoms with E-state index in [0.29, 0.717) is 17.0 Å². The topological polar surface area (TPSA) is 107 Å². The second-order valence-corrected chi connectivity index (χ2v) is 9.71. The predicted octanol–water partition coefficient (Wildman–Crippen LogP) is 4.98. The van der Waals surface area contributed by atoms with Crippen molar-refractivity contribution in [3.05, 3.63) is 71.7 Å². The Labute approximate surface area is 206 Å². The molecule has 4 aromatic rings. The Morgan fingerprint density at radius 1 is 1.14 bits per heavy atom. The first-order chi connectivity index (χ1) is 17.0. The SMILES string of the molecule is COc1ccc(OC(F)(F)F)cc1Cn1cc(Nc2ccc(S(=O)(=O)Nc3nccs3)c(F)c2)cn1. The van der Waals surface area contributed by atoms with Crippen LogP contribution in [0.5, 0.6) is 11.5 Å². The maximum absolute atomic E-state index is 14.6. The van der Waals surface area contributed by atoms with Gasteiger partial charge in [-0.15, -0.1) is 24.5 Å². The van der Waals surface area contributed by atoms with Crippen molar-refractivity contribution >= 4 is 37.9 Å². The lowest BCUT2D eigenvalue weighted by Crippen LogP contribution is -2.17. The van der Waals surface area contributed by atoms with Crippen LogP contribution in [0.15, 0.2) is 65.3 Å². The van der Waals surface area contributed by atoms with E-state index in [1.807, 2.05) is 0 Å². The van der Waals surface area contributed by atoms with E-state index >= 15 is 0 Å². The van der Waals surface area contributed by atoms with Gasteiger partial charge < -0.3 is 14.8 Å². The standard InChI is InChI=1S/C21H17F4N5O4S2/c1-33-18-4-3-16(34-21(23,24)25)8-13(18)11-30-12-15(10-27-30)28-14-2-5-19(17(22)9-14)36(31,32)29-20-26-6-7-35-20/h2-10,12,28H,11H2,1H3,(H,26,29). The summed E-state index contributed by atoms with van der Waals surface area (Å²) in [4.78, 5) is 3.26. The minimum absolute atomic E-state index is 0.0495. The van der Waals surface area contributed by atoms with E-state index in [2.05, 4.69) is 24.9 Å². The summed E-state index contributed by atoms with van der Waals surface area (Å²) in [5.41, 5.74) is 1.05. The van der Waals surface area contributed by atoms with Gasteiger partial charge in [-0.2, -0.15) is 5.10 Å². The minimum atomic E-state index is -4.84. The lowest BCUT2D eigenvalue weighted by Gasteiger charge is -2.13. The van der Waals surface area contributed by atoms with Crippen LogP contribution in [0, 0.1) is 5.82 Å². The molecular formula is C21H17F4N5O4S2. The minimum Gasteiger partial charge on any atom is -0.496 e. The quantitative estimate of drug-likeness (QED) is 0.287. The molecule has 0 aliphatic carbocycles. The van der Waals surface area contributed by atoms with Gasteiger partial charge in [0.05, 0.1) is 25.5 Å². The van der Waals surface area contributed by atoms with Crippen molar-refractivity contribution in [1.82, 2.24) is 14.8 Å². The molecule has 36 heavy (non-hydrogen) atoms. The molecule has 0 saturated heterocycles. The molecule has 0 bridgehead atoms. The average molecular weight is 544 g/mol. The van der Waals surface area contributed by atoms with Crippen LogP contribution in [0.2, 0.25) is 0 Å². The third-order valence-corrected chi connectivity index (χ3v) is 6.81. The Bertz CT molecular complexity index is 1460. The van der Waals surface area contributed by atoms with Gasteiger partial charge in [0, 0.05) is 29.0 Å². The third-order valence-electron chi connectivity index (χ3n) is 4.62. The maximum Gasteiger partial charge on any atom is 0.573 e. The van der Waals surface area contributed by atoms with E-state index in [-0.39, 0.29) is 17.4 Å². The second kappa shape index (κ2) is 10.0. The predicted molar refractivity (Wildman–Crippen MR) is 124 cm³/mol. The molecule has 190 valence electrons. The highest BCUT2D eigenvalue weighted by Gasteiger charge is 2.31. The number of hydrogen-bond donors (Lipinski definition) is 2. The summed E-state index contributed by atoms with van der Waals surface area (Å²) in [5, 5.41) is 8.71. The van der Waals surface area contributed by atoms with Crippen molar-refractivity contribution in [3.63, 3.8) is 0 Å². The van der Waals surface area contributed by atoms with E-state index in [4.69, 9.17) is 4.74 Å². The monoisotopic (exact) mass is 543 g/mol. The number of sulfonamides is 1. The van der Waals surface area contributed by atoms with Crippen LogP contribution in [-0.2, 0) is 16.6 Å². The maximum atomic E-state index is 14.6. The van der Waals surface area contributed by atoms with Gasteiger partial charge in [0.25, 0.3) is 10.0 Å². The van der Waals surface area contributed by atoms with Crippen LogP contribution < -0.4 is 19.5 Å². The first kappa shape index (κ1) is 25.2. The molecule has 0 spiro atoms. The number of rotatable bonds is 9. The van der Waals surface area contributed by atoms with E-state index in [9.17, 15) is 26.0 Å². The number of nitrogens with one attached hydrogen (secondary N) is 2. The molecule has 0 radical (unpaired) electrons. The van der Waals surface area contributed by atoms with E-state index in [1.54, 1.807) is 5.38 Å². The molecule has 0 saturated carbocycles. The Morgan fingerprint density at radius 3 is 2.61 bits per heavy atom. The summed E-state index contributed by atoms with van der Waals surface area (Å²) < 4.78 is 89.9. The van der Waals surface area contributed by atoms with Gasteiger partial charge in [-0.3, -0.25) is 9.40 Å². The molecule has 0 amide bonds. The molecule has 4 rings (SSSR count). The highest BCUT2D eigenvalue weighted by atomic mass is 32.2. The third kappa shape index (κ3) is 6.23. The number of methoxy groups -OCH3 is 1. The molecule has 2 aromatic carbocycles. The van der Waals surface area contributed by atoms with Crippen LogP contribution in [0.3, 0.4) is 0 Å². The van der Waals surface area contributed by atoms with Gasteiger partial charge in [0.2, 0.25) is 0 Å². The summed E-state index contributed by atoms with van der Waals surface area (Å²) in [6.07, 6.45) is -0.483. The summed E-state index contributed by atoms with van der Waals surface area (Å²) in [7, 11) is -2.79. The number of anilines is 3. The molecule has 0 aliphatic heterocycles. The summed E-state index contributed by atoms with van der Waals surface area (Å²) in [6.45, 7) is 0.0495. The van der Waals surface area contributed by atoms with Crippen molar-refractivity contribution < 1.29 is 35.5 Å². The first-order valence-electron chi connectivity index (χ1n) is 9.96. The van der Waals surface area contributed by atoms with Gasteiger partial charge in [-0.25, -0.2) is 17.8 Å². The fourth-order valence-corrected chi connectivity index (χ4v) is 5.02. The molecule has 0 unspecified atom stereocenters. The van der Waals surface area contributed by atoms with Gasteiger partial charge in [-0.1, -0.05) is 0 Å². The van der Waals surface area contributed by atoms with Crippen LogP contribution in [-0.4, -0.2) is 36.7 Å². The van der Waals surface area contributed by atoms with Gasteiger partial charge in [-0.05, 0) is 36.4 Å². The zero-order valence-electron chi connectivity index (χ0n) is 18.3. The zero-order valence-corrected chi connectivity index (χ0v) is 19.9. The molecular weight excluding hydrogens is 526 g/mol. The first-order valence-corrected chi connectivity index (χ1v) is 12.3. The average Bonchev–Trinajstić information content (AvgIpc) is 3.44. The highest BCUT2D eigenvalue weighted by molar-refractivity contribution is 7.93.